The van der Waals surface area contributed by atoms with Gasteiger partial charge in [-0.1, -0.05) is 12.1 Å². The summed E-state index contributed by atoms with van der Waals surface area (Å²) in [5, 5.41) is 2.33. The first-order valence-corrected chi connectivity index (χ1v) is 4.86. The Balaban J connectivity index is 2.20. The Morgan fingerprint density at radius 1 is 1.20 bits per heavy atom. The predicted octanol–water partition coefficient (Wildman–Crippen LogP) is 0.789. The molecule has 78 valence electrons. The number of amides is 2. The van der Waals surface area contributed by atoms with Gasteiger partial charge in [0.2, 0.25) is 11.8 Å². The minimum Gasteiger partial charge on any atom is -0.399 e. The van der Waals surface area contributed by atoms with Crippen LogP contribution in [0.3, 0.4) is 0 Å². The third kappa shape index (κ3) is 1.98. The highest BCUT2D eigenvalue weighted by atomic mass is 16.2. The fourth-order valence-electron chi connectivity index (χ4n) is 1.74. The van der Waals surface area contributed by atoms with Crippen LogP contribution in [0.2, 0.25) is 0 Å². The lowest BCUT2D eigenvalue weighted by atomic mass is 9.90. The first kappa shape index (κ1) is 9.71. The second-order valence-corrected chi connectivity index (χ2v) is 3.67. The highest BCUT2D eigenvalue weighted by Gasteiger charge is 2.27. The van der Waals surface area contributed by atoms with Crippen LogP contribution >= 0.6 is 0 Å². The summed E-state index contributed by atoms with van der Waals surface area (Å²) in [5.74, 6) is -0.619. The van der Waals surface area contributed by atoms with Crippen molar-refractivity contribution >= 4 is 17.5 Å². The Labute approximate surface area is 87.5 Å². The molecule has 1 saturated heterocycles. The molecule has 4 heteroatoms. The van der Waals surface area contributed by atoms with E-state index in [9.17, 15) is 9.59 Å². The zero-order valence-corrected chi connectivity index (χ0v) is 8.19. The number of nitrogens with one attached hydrogen (secondary N) is 1. The average molecular weight is 204 g/mol. The van der Waals surface area contributed by atoms with Crippen molar-refractivity contribution in [2.45, 2.75) is 18.8 Å². The summed E-state index contributed by atoms with van der Waals surface area (Å²) < 4.78 is 0. The van der Waals surface area contributed by atoms with Crippen LogP contribution in [0.5, 0.6) is 0 Å². The molecule has 1 fully saturated rings. The van der Waals surface area contributed by atoms with E-state index in [0.717, 1.165) is 5.56 Å². The second-order valence-electron chi connectivity index (χ2n) is 3.67. The fourth-order valence-corrected chi connectivity index (χ4v) is 1.74. The maximum absolute atomic E-state index is 11.5. The Hall–Kier alpha value is -1.84. The number of hydrogen-bond acceptors (Lipinski definition) is 3. The van der Waals surface area contributed by atoms with E-state index in [2.05, 4.69) is 5.32 Å². The van der Waals surface area contributed by atoms with Crippen molar-refractivity contribution in [2.75, 3.05) is 5.73 Å². The maximum atomic E-state index is 11.5. The number of benzene rings is 1. The third-order valence-electron chi connectivity index (χ3n) is 2.58. The highest BCUT2D eigenvalue weighted by molar-refractivity contribution is 6.00. The number of nitrogen functional groups attached to an aromatic ring is 1. The summed E-state index contributed by atoms with van der Waals surface area (Å²) in [7, 11) is 0. The number of hydrogen-bond donors (Lipinski definition) is 2. The van der Waals surface area contributed by atoms with Crippen molar-refractivity contribution in [1.29, 1.82) is 0 Å². The molecule has 1 atom stereocenters. The quantitative estimate of drug-likeness (QED) is 0.524. The topological polar surface area (TPSA) is 72.2 Å². The lowest BCUT2D eigenvalue weighted by Gasteiger charge is -2.20. The van der Waals surface area contributed by atoms with Gasteiger partial charge in [-0.25, -0.2) is 0 Å². The van der Waals surface area contributed by atoms with E-state index in [1.165, 1.54) is 0 Å². The van der Waals surface area contributed by atoms with Gasteiger partial charge in [0.15, 0.2) is 0 Å². The van der Waals surface area contributed by atoms with Gasteiger partial charge in [0.05, 0.1) is 5.92 Å². The van der Waals surface area contributed by atoms with Crippen LogP contribution in [0.25, 0.3) is 0 Å². The predicted molar refractivity (Wildman–Crippen MR) is 56.0 cm³/mol. The number of carbonyl (C=O) groups excluding carboxylic acids is 2. The number of imide groups is 1. The molecule has 1 aromatic carbocycles. The molecule has 1 aliphatic rings. The lowest BCUT2D eigenvalue weighted by molar-refractivity contribution is -0.134. The molecular weight excluding hydrogens is 192 g/mol. The molecule has 1 heterocycles. The van der Waals surface area contributed by atoms with E-state index < -0.39 is 0 Å². The molecule has 0 spiro atoms. The second kappa shape index (κ2) is 3.73. The van der Waals surface area contributed by atoms with Crippen molar-refractivity contribution in [1.82, 2.24) is 5.32 Å². The van der Waals surface area contributed by atoms with Gasteiger partial charge < -0.3 is 5.73 Å². The fraction of sp³-hybridized carbons (Fsp3) is 0.273. The average Bonchev–Trinajstić information content (AvgIpc) is 2.20. The molecule has 1 aromatic rings. The van der Waals surface area contributed by atoms with Gasteiger partial charge in [-0.3, -0.25) is 14.9 Å². The van der Waals surface area contributed by atoms with Crippen molar-refractivity contribution in [2.24, 2.45) is 0 Å². The minimum absolute atomic E-state index is 0.188. The summed E-state index contributed by atoms with van der Waals surface area (Å²) >= 11 is 0. The number of carbonyl (C=O) groups is 2. The summed E-state index contributed by atoms with van der Waals surface area (Å²) in [4.78, 5) is 22.5. The molecule has 2 rings (SSSR count). The largest absolute Gasteiger partial charge is 0.399 e. The Morgan fingerprint density at radius 3 is 2.47 bits per heavy atom. The molecule has 2 amide bonds. The molecule has 0 aliphatic carbocycles. The summed E-state index contributed by atoms with van der Waals surface area (Å²) in [6, 6.07) is 7.18. The number of rotatable bonds is 1. The molecule has 1 unspecified atom stereocenters. The van der Waals surface area contributed by atoms with Crippen molar-refractivity contribution < 1.29 is 9.59 Å². The standard InChI is InChI=1S/C11H12N2O2/c12-8-3-1-7(2-4-8)9-5-6-10(14)13-11(9)15/h1-4,9H,5-6,12H2,(H,13,14,15). The molecule has 0 aromatic heterocycles. The van der Waals surface area contributed by atoms with E-state index in [1.807, 2.05) is 12.1 Å². The van der Waals surface area contributed by atoms with Crippen molar-refractivity contribution in [3.63, 3.8) is 0 Å². The zero-order chi connectivity index (χ0) is 10.8. The zero-order valence-electron chi connectivity index (χ0n) is 8.19. The maximum Gasteiger partial charge on any atom is 0.234 e. The molecule has 0 radical (unpaired) electrons. The minimum atomic E-state index is -0.219. The highest BCUT2D eigenvalue weighted by Crippen LogP contribution is 2.25. The lowest BCUT2D eigenvalue weighted by Crippen LogP contribution is -2.39. The first-order valence-electron chi connectivity index (χ1n) is 4.86. The summed E-state index contributed by atoms with van der Waals surface area (Å²) in [6.07, 6.45) is 0.982. The van der Waals surface area contributed by atoms with Crippen molar-refractivity contribution in [3.05, 3.63) is 29.8 Å². The van der Waals surface area contributed by atoms with Crippen LogP contribution in [-0.4, -0.2) is 11.8 Å². The first-order chi connectivity index (χ1) is 7.16. The number of nitrogens with two attached hydrogens (primary N) is 1. The summed E-state index contributed by atoms with van der Waals surface area (Å²) in [6.45, 7) is 0. The van der Waals surface area contributed by atoms with Gasteiger partial charge >= 0.3 is 0 Å². The van der Waals surface area contributed by atoms with E-state index in [-0.39, 0.29) is 17.7 Å². The molecule has 0 bridgehead atoms. The molecular formula is C11H12N2O2. The molecule has 1 aliphatic heterocycles. The molecule has 15 heavy (non-hydrogen) atoms. The Kier molecular flexibility index (Phi) is 2.41. The molecule has 0 saturated carbocycles. The van der Waals surface area contributed by atoms with Crippen LogP contribution in [0, 0.1) is 0 Å². The van der Waals surface area contributed by atoms with E-state index >= 15 is 0 Å². The van der Waals surface area contributed by atoms with Crippen LogP contribution in [-0.2, 0) is 9.59 Å². The number of piperidine rings is 1. The third-order valence-corrected chi connectivity index (χ3v) is 2.58. The Bertz CT molecular complexity index is 398. The van der Waals surface area contributed by atoms with Gasteiger partial charge in [0, 0.05) is 12.1 Å². The van der Waals surface area contributed by atoms with Crippen molar-refractivity contribution in [3.8, 4) is 0 Å². The van der Waals surface area contributed by atoms with Crippen LogP contribution in [0.4, 0.5) is 5.69 Å². The van der Waals surface area contributed by atoms with Gasteiger partial charge in [0.1, 0.15) is 0 Å². The van der Waals surface area contributed by atoms with E-state index in [1.54, 1.807) is 12.1 Å². The van der Waals surface area contributed by atoms with E-state index in [4.69, 9.17) is 5.73 Å². The SMILES string of the molecule is Nc1ccc(C2CCC(=O)NC2=O)cc1. The van der Waals surface area contributed by atoms with Gasteiger partial charge in [-0.2, -0.15) is 0 Å². The van der Waals surface area contributed by atoms with Gasteiger partial charge in [-0.05, 0) is 24.1 Å². The number of anilines is 1. The van der Waals surface area contributed by atoms with Gasteiger partial charge in [0.25, 0.3) is 0 Å². The van der Waals surface area contributed by atoms with Gasteiger partial charge in [-0.15, -0.1) is 0 Å². The normalized spacial score (nSPS) is 21.2. The monoisotopic (exact) mass is 204 g/mol. The smallest absolute Gasteiger partial charge is 0.234 e. The van der Waals surface area contributed by atoms with Crippen LogP contribution < -0.4 is 11.1 Å². The molecule has 4 nitrogen and oxygen atoms in total. The Morgan fingerprint density at radius 2 is 1.87 bits per heavy atom. The van der Waals surface area contributed by atoms with Crippen LogP contribution in [0.15, 0.2) is 24.3 Å². The summed E-state index contributed by atoms with van der Waals surface area (Å²) in [5.41, 5.74) is 7.14. The van der Waals surface area contributed by atoms with Crippen LogP contribution in [0.1, 0.15) is 24.3 Å². The van der Waals surface area contributed by atoms with E-state index in [0.29, 0.717) is 18.5 Å². The molecule has 3 N–H and O–H groups in total.